The Bertz CT molecular complexity index is 1000. The molecule has 8 heteroatoms. The van der Waals surface area contributed by atoms with Crippen LogP contribution < -0.4 is 11.2 Å². The summed E-state index contributed by atoms with van der Waals surface area (Å²) in [4.78, 5) is 25.0. The number of aromatic nitrogens is 4. The third kappa shape index (κ3) is 2.80. The van der Waals surface area contributed by atoms with Gasteiger partial charge >= 0.3 is 5.69 Å². The third-order valence-electron chi connectivity index (χ3n) is 3.36. The van der Waals surface area contributed by atoms with E-state index in [2.05, 4.69) is 10.2 Å². The lowest BCUT2D eigenvalue weighted by molar-refractivity contribution is 0.623. The van der Waals surface area contributed by atoms with Crippen LogP contribution in [0.1, 0.15) is 19.5 Å². The van der Waals surface area contributed by atoms with Crippen molar-refractivity contribution in [3.8, 4) is 5.69 Å². The lowest BCUT2D eigenvalue weighted by Gasteiger charge is -2.05. The van der Waals surface area contributed by atoms with Crippen molar-refractivity contribution in [2.45, 2.75) is 20.3 Å². The molecule has 120 valence electrons. The van der Waals surface area contributed by atoms with E-state index < -0.39 is 11.2 Å². The summed E-state index contributed by atoms with van der Waals surface area (Å²) in [6, 6.07) is 6.60. The first-order valence-electron chi connectivity index (χ1n) is 7.07. The zero-order valence-electron chi connectivity index (χ0n) is 12.5. The Hall–Kier alpha value is -2.05. The van der Waals surface area contributed by atoms with Crippen molar-refractivity contribution in [1.82, 2.24) is 19.4 Å². The molecule has 3 rings (SSSR count). The number of hydrogen-bond donors (Lipinski definition) is 1. The van der Waals surface area contributed by atoms with E-state index in [0.717, 1.165) is 9.20 Å². The Morgan fingerprint density at radius 3 is 2.65 bits per heavy atom. The average Bonchev–Trinajstić information content (AvgIpc) is 2.80. The van der Waals surface area contributed by atoms with Gasteiger partial charge in [-0.15, -0.1) is 0 Å². The van der Waals surface area contributed by atoms with Gasteiger partial charge in [-0.25, -0.2) is 9.48 Å². The van der Waals surface area contributed by atoms with E-state index in [0.29, 0.717) is 28.7 Å². The highest BCUT2D eigenvalue weighted by atomic mass is 35.5. The standard InChI is InChI=1S/C15H14Cl2N4O2/c1-8(2)6-11-12(17)13-14(22)19-20(15(23)21(13)18-11)10-5-3-4-9(16)7-10/h3-5,7-8H,6H2,1-2H3,(H,19,22). The second-order valence-electron chi connectivity index (χ2n) is 5.66. The van der Waals surface area contributed by atoms with Gasteiger partial charge in [0.2, 0.25) is 0 Å². The molecule has 0 aliphatic heterocycles. The highest BCUT2D eigenvalue weighted by molar-refractivity contribution is 6.34. The van der Waals surface area contributed by atoms with Crippen molar-refractivity contribution in [3.05, 3.63) is 60.8 Å². The van der Waals surface area contributed by atoms with Gasteiger partial charge in [-0.1, -0.05) is 43.1 Å². The van der Waals surface area contributed by atoms with Crippen molar-refractivity contribution in [2.75, 3.05) is 0 Å². The maximum absolute atomic E-state index is 12.6. The number of hydrogen-bond acceptors (Lipinski definition) is 3. The van der Waals surface area contributed by atoms with Crippen molar-refractivity contribution >= 4 is 28.7 Å². The van der Waals surface area contributed by atoms with Gasteiger partial charge in [0.05, 0.1) is 16.4 Å². The van der Waals surface area contributed by atoms with Crippen LogP contribution in [0.5, 0.6) is 0 Å². The molecule has 1 N–H and O–H groups in total. The van der Waals surface area contributed by atoms with Gasteiger partial charge in [-0.2, -0.15) is 9.61 Å². The topological polar surface area (TPSA) is 72.2 Å². The lowest BCUT2D eigenvalue weighted by Crippen LogP contribution is -2.34. The van der Waals surface area contributed by atoms with Crippen LogP contribution in [0.2, 0.25) is 10.0 Å². The van der Waals surface area contributed by atoms with Gasteiger partial charge in [0.1, 0.15) is 0 Å². The summed E-state index contributed by atoms with van der Waals surface area (Å²) in [5, 5.41) is 7.40. The number of aromatic amines is 1. The van der Waals surface area contributed by atoms with E-state index in [4.69, 9.17) is 23.2 Å². The Morgan fingerprint density at radius 1 is 1.26 bits per heavy atom. The molecule has 1 aromatic carbocycles. The summed E-state index contributed by atoms with van der Waals surface area (Å²) in [6.45, 7) is 4.02. The van der Waals surface area contributed by atoms with Crippen LogP contribution in [-0.2, 0) is 6.42 Å². The third-order valence-corrected chi connectivity index (χ3v) is 3.99. The van der Waals surface area contributed by atoms with Crippen molar-refractivity contribution < 1.29 is 0 Å². The Labute approximate surface area is 141 Å². The normalized spacial score (nSPS) is 11.5. The van der Waals surface area contributed by atoms with Crippen molar-refractivity contribution in [3.63, 3.8) is 0 Å². The molecule has 0 aliphatic rings. The van der Waals surface area contributed by atoms with Crippen LogP contribution in [0.25, 0.3) is 11.2 Å². The Kier molecular flexibility index (Phi) is 4.04. The van der Waals surface area contributed by atoms with Gasteiger partial charge < -0.3 is 0 Å². The minimum absolute atomic E-state index is 0.0607. The molecule has 6 nitrogen and oxygen atoms in total. The van der Waals surface area contributed by atoms with Crippen molar-refractivity contribution in [2.24, 2.45) is 5.92 Å². The molecule has 0 atom stereocenters. The SMILES string of the molecule is CC(C)Cc1nn2c(=O)n(-c3cccc(Cl)c3)[nH]c(=O)c2c1Cl. The summed E-state index contributed by atoms with van der Waals surface area (Å²) in [5.41, 5.74) is 0.0353. The maximum atomic E-state index is 12.6. The maximum Gasteiger partial charge on any atom is 0.368 e. The molecule has 2 heterocycles. The summed E-state index contributed by atoms with van der Waals surface area (Å²) in [6.07, 6.45) is 0.580. The van der Waals surface area contributed by atoms with Crippen LogP contribution >= 0.6 is 23.2 Å². The zero-order chi connectivity index (χ0) is 16.7. The summed E-state index contributed by atoms with van der Waals surface area (Å²) in [5.74, 6) is 0.298. The molecule has 0 aliphatic carbocycles. The summed E-state index contributed by atoms with van der Waals surface area (Å²) >= 11 is 12.2. The highest BCUT2D eigenvalue weighted by Crippen LogP contribution is 2.21. The fourth-order valence-electron chi connectivity index (χ4n) is 2.38. The first-order valence-corrected chi connectivity index (χ1v) is 7.82. The van der Waals surface area contributed by atoms with Crippen LogP contribution in [0, 0.1) is 5.92 Å². The molecule has 0 bridgehead atoms. The van der Waals surface area contributed by atoms with E-state index in [9.17, 15) is 9.59 Å². The molecule has 0 spiro atoms. The van der Waals surface area contributed by atoms with E-state index in [1.54, 1.807) is 24.3 Å². The van der Waals surface area contributed by atoms with Gasteiger partial charge in [0.25, 0.3) is 5.56 Å². The first kappa shape index (κ1) is 15.8. The molecule has 0 fully saturated rings. The van der Waals surface area contributed by atoms with Gasteiger partial charge in [0, 0.05) is 5.02 Å². The molecule has 2 aromatic heterocycles. The van der Waals surface area contributed by atoms with Gasteiger partial charge in [-0.05, 0) is 30.5 Å². The first-order chi connectivity index (χ1) is 10.9. The quantitative estimate of drug-likeness (QED) is 0.787. The minimum Gasteiger partial charge on any atom is -0.266 e. The van der Waals surface area contributed by atoms with E-state index >= 15 is 0 Å². The molecule has 0 radical (unpaired) electrons. The van der Waals surface area contributed by atoms with Crippen LogP contribution in [-0.4, -0.2) is 19.4 Å². The van der Waals surface area contributed by atoms with E-state index in [1.807, 2.05) is 13.8 Å². The van der Waals surface area contributed by atoms with Crippen LogP contribution in [0.3, 0.4) is 0 Å². The zero-order valence-corrected chi connectivity index (χ0v) is 14.0. The molecule has 0 unspecified atom stereocenters. The molecule has 0 saturated carbocycles. The Morgan fingerprint density at radius 2 is 2.00 bits per heavy atom. The predicted octanol–water partition coefficient (Wildman–Crippen LogP) is 2.68. The van der Waals surface area contributed by atoms with Crippen LogP contribution in [0.15, 0.2) is 33.9 Å². The average molecular weight is 353 g/mol. The largest absolute Gasteiger partial charge is 0.368 e. The summed E-state index contributed by atoms with van der Waals surface area (Å²) in [7, 11) is 0. The number of fused-ring (bicyclic) bond motifs is 1. The molecule has 0 saturated heterocycles. The molecule has 23 heavy (non-hydrogen) atoms. The number of halogens is 2. The molecular formula is C15H14Cl2N4O2. The predicted molar refractivity (Wildman–Crippen MR) is 90.0 cm³/mol. The molecular weight excluding hydrogens is 339 g/mol. The monoisotopic (exact) mass is 352 g/mol. The highest BCUT2D eigenvalue weighted by Gasteiger charge is 2.18. The van der Waals surface area contributed by atoms with Crippen LogP contribution in [0.4, 0.5) is 0 Å². The summed E-state index contributed by atoms with van der Waals surface area (Å²) < 4.78 is 2.14. The Balaban J connectivity index is 2.30. The number of H-pyrrole nitrogens is 1. The number of rotatable bonds is 3. The number of nitrogens with zero attached hydrogens (tertiary/aromatic N) is 3. The minimum atomic E-state index is -0.515. The lowest BCUT2D eigenvalue weighted by atomic mass is 10.1. The molecule has 3 aromatic rings. The second-order valence-corrected chi connectivity index (χ2v) is 6.47. The van der Waals surface area contributed by atoms with Gasteiger partial charge in [-0.3, -0.25) is 9.89 Å². The second kappa shape index (κ2) is 5.86. The van der Waals surface area contributed by atoms with Crippen molar-refractivity contribution in [1.29, 1.82) is 0 Å². The fraction of sp³-hybridized carbons (Fsp3) is 0.267. The number of benzene rings is 1. The van der Waals surface area contributed by atoms with Gasteiger partial charge in [0.15, 0.2) is 5.52 Å². The smallest absolute Gasteiger partial charge is 0.266 e. The molecule has 0 amide bonds. The van der Waals surface area contributed by atoms with E-state index in [1.165, 1.54) is 0 Å². The fourth-order valence-corrected chi connectivity index (χ4v) is 2.85. The van der Waals surface area contributed by atoms with E-state index in [-0.39, 0.29) is 10.5 Å². The number of nitrogens with one attached hydrogen (secondary N) is 1.